The fourth-order valence-electron chi connectivity index (χ4n) is 7.76. The van der Waals surface area contributed by atoms with Gasteiger partial charge in [0.25, 0.3) is 0 Å². The number of fused-ring (bicyclic) bond motifs is 7. The van der Waals surface area contributed by atoms with Gasteiger partial charge in [0.1, 0.15) is 5.82 Å². The summed E-state index contributed by atoms with van der Waals surface area (Å²) in [6.45, 7) is 0. The van der Waals surface area contributed by atoms with E-state index in [1.54, 1.807) is 24.8 Å². The Morgan fingerprint density at radius 2 is 0.821 bits per heavy atom. The van der Waals surface area contributed by atoms with Crippen molar-refractivity contribution < 1.29 is 0 Å². The summed E-state index contributed by atoms with van der Waals surface area (Å²) in [4.78, 5) is 33.9. The van der Waals surface area contributed by atoms with Crippen LogP contribution in [0.2, 0.25) is 0 Å². The van der Waals surface area contributed by atoms with Crippen molar-refractivity contribution >= 4 is 43.6 Å². The maximum atomic E-state index is 5.36. The number of rotatable bonds is 6. The quantitative estimate of drug-likeness (QED) is 0.169. The maximum Gasteiger partial charge on any atom is 0.235 e. The highest BCUT2D eigenvalue weighted by Crippen LogP contribution is 2.43. The number of aromatic nitrogens is 9. The topological polar surface area (TPSA) is 100 Å². The highest BCUT2D eigenvalue weighted by atomic mass is 15.2. The normalized spacial score (nSPS) is 11.6. The summed E-state index contributed by atoms with van der Waals surface area (Å²) in [5, 5.41) is 4.16. The molecule has 0 atom stereocenters. The molecule has 262 valence electrons. The monoisotopic (exact) mass is 719 g/mol. The second-order valence-corrected chi connectivity index (χ2v) is 13.5. The molecule has 5 aromatic carbocycles. The summed E-state index contributed by atoms with van der Waals surface area (Å²) in [7, 11) is 0. The number of nitrogens with zero attached hydrogens (tertiary/aromatic N) is 9. The lowest BCUT2D eigenvalue weighted by Gasteiger charge is -2.13. The van der Waals surface area contributed by atoms with Gasteiger partial charge in [-0.3, -0.25) is 9.13 Å². The standard InChI is InChI=1S/C47H29N9/c1-3-11-30(12-4-1)38-29-39(31-13-5-2-6-14-31)54-47(53-38)56-41-21-17-33(46-51-25-10-26-52-46)28-37(41)35-19-18-34-36-27-32(45-49-23-9-24-50-45)16-20-40(36)55(43(34)44(35)56)42-15-7-8-22-48-42/h1-29H. The Labute approximate surface area is 320 Å². The molecule has 6 aromatic heterocycles. The zero-order valence-electron chi connectivity index (χ0n) is 29.8. The molecule has 56 heavy (non-hydrogen) atoms. The first-order valence-corrected chi connectivity index (χ1v) is 18.3. The molecule has 0 aliphatic heterocycles. The van der Waals surface area contributed by atoms with E-state index in [-0.39, 0.29) is 0 Å². The highest BCUT2D eigenvalue weighted by molar-refractivity contribution is 6.24. The molecule has 9 nitrogen and oxygen atoms in total. The third-order valence-corrected chi connectivity index (χ3v) is 10.2. The van der Waals surface area contributed by atoms with E-state index in [1.165, 1.54) is 0 Å². The molecule has 0 N–H and O–H groups in total. The molecule has 6 heterocycles. The molecule has 0 unspecified atom stereocenters. The van der Waals surface area contributed by atoms with Gasteiger partial charge in [0.05, 0.1) is 33.5 Å². The van der Waals surface area contributed by atoms with Crippen molar-refractivity contribution in [2.45, 2.75) is 0 Å². The van der Waals surface area contributed by atoms with Crippen LogP contribution in [0.25, 0.3) is 101 Å². The van der Waals surface area contributed by atoms with Gasteiger partial charge in [0.15, 0.2) is 11.6 Å². The number of pyridine rings is 1. The van der Waals surface area contributed by atoms with Crippen molar-refractivity contribution in [2.75, 3.05) is 0 Å². The zero-order valence-corrected chi connectivity index (χ0v) is 29.8. The molecule has 11 aromatic rings. The average molecular weight is 720 g/mol. The first-order valence-electron chi connectivity index (χ1n) is 18.3. The molecule has 0 radical (unpaired) electrons. The van der Waals surface area contributed by atoms with Crippen LogP contribution in [0, 0.1) is 0 Å². The Kier molecular flexibility index (Phi) is 7.27. The number of benzene rings is 5. The Balaban J connectivity index is 1.31. The molecule has 0 bridgehead atoms. The van der Waals surface area contributed by atoms with Crippen LogP contribution >= 0.6 is 0 Å². The molecule has 0 spiro atoms. The van der Waals surface area contributed by atoms with Gasteiger partial charge in [-0.05, 0) is 66.7 Å². The van der Waals surface area contributed by atoms with E-state index in [0.717, 1.165) is 83.1 Å². The Hall–Kier alpha value is -7.91. The minimum absolute atomic E-state index is 0.553. The molecule has 0 amide bonds. The SMILES string of the molecule is c1ccc(-c2cc(-c3ccccc3)nc(-n3c4ccc(-c5ncccn5)cc4c4ccc5c6cc(-c7ncccn7)ccc6n(-c6ccccn6)c5c43)n2)cc1. The summed E-state index contributed by atoms with van der Waals surface area (Å²) in [6.07, 6.45) is 8.92. The summed E-state index contributed by atoms with van der Waals surface area (Å²) in [5.74, 6) is 2.67. The predicted octanol–water partition coefficient (Wildman–Crippen LogP) is 10.3. The van der Waals surface area contributed by atoms with Crippen LogP contribution in [0.15, 0.2) is 177 Å². The van der Waals surface area contributed by atoms with Crippen molar-refractivity contribution in [3.8, 4) is 57.1 Å². The van der Waals surface area contributed by atoms with Crippen molar-refractivity contribution in [1.82, 2.24) is 44.0 Å². The molecule has 0 aliphatic carbocycles. The van der Waals surface area contributed by atoms with Gasteiger partial charge in [0, 0.05) is 74.8 Å². The van der Waals surface area contributed by atoms with Crippen molar-refractivity contribution in [3.63, 3.8) is 0 Å². The summed E-state index contributed by atoms with van der Waals surface area (Å²) >= 11 is 0. The summed E-state index contributed by atoms with van der Waals surface area (Å²) in [6, 6.07) is 49.5. The van der Waals surface area contributed by atoms with E-state index in [9.17, 15) is 0 Å². The van der Waals surface area contributed by atoms with Gasteiger partial charge in [-0.2, -0.15) is 0 Å². The summed E-state index contributed by atoms with van der Waals surface area (Å²) < 4.78 is 4.46. The number of hydrogen-bond acceptors (Lipinski definition) is 7. The third kappa shape index (κ3) is 5.13. The smallest absolute Gasteiger partial charge is 0.235 e. The van der Waals surface area contributed by atoms with Crippen molar-refractivity contribution in [2.24, 2.45) is 0 Å². The lowest BCUT2D eigenvalue weighted by Crippen LogP contribution is -2.05. The van der Waals surface area contributed by atoms with Gasteiger partial charge in [-0.15, -0.1) is 0 Å². The molecule has 0 saturated carbocycles. The third-order valence-electron chi connectivity index (χ3n) is 10.2. The molecule has 9 heteroatoms. The second kappa shape index (κ2) is 12.9. The van der Waals surface area contributed by atoms with E-state index in [0.29, 0.717) is 17.6 Å². The molecular weight excluding hydrogens is 691 g/mol. The fourth-order valence-corrected chi connectivity index (χ4v) is 7.76. The van der Waals surface area contributed by atoms with E-state index in [2.05, 4.69) is 108 Å². The van der Waals surface area contributed by atoms with Crippen LogP contribution in [-0.2, 0) is 0 Å². The molecule has 0 fully saturated rings. The van der Waals surface area contributed by atoms with E-state index in [4.69, 9.17) is 15.0 Å². The van der Waals surface area contributed by atoms with E-state index in [1.807, 2.05) is 72.9 Å². The second-order valence-electron chi connectivity index (χ2n) is 13.5. The molecule has 0 saturated heterocycles. The van der Waals surface area contributed by atoms with Crippen LogP contribution in [0.3, 0.4) is 0 Å². The Morgan fingerprint density at radius 3 is 1.34 bits per heavy atom. The van der Waals surface area contributed by atoms with Crippen molar-refractivity contribution in [3.05, 3.63) is 177 Å². The van der Waals surface area contributed by atoms with Crippen LogP contribution in [-0.4, -0.2) is 44.0 Å². The van der Waals surface area contributed by atoms with E-state index < -0.39 is 0 Å². The van der Waals surface area contributed by atoms with Gasteiger partial charge >= 0.3 is 0 Å². The maximum absolute atomic E-state index is 5.36. The first-order chi connectivity index (χ1) is 27.8. The fraction of sp³-hybridized carbons (Fsp3) is 0. The minimum Gasteiger partial charge on any atom is -0.292 e. The largest absolute Gasteiger partial charge is 0.292 e. The molecular formula is C47H29N9. The van der Waals surface area contributed by atoms with Crippen molar-refractivity contribution in [1.29, 1.82) is 0 Å². The van der Waals surface area contributed by atoms with Crippen LogP contribution in [0.5, 0.6) is 0 Å². The Bertz CT molecular complexity index is 3160. The van der Waals surface area contributed by atoms with Crippen LogP contribution in [0.1, 0.15) is 0 Å². The van der Waals surface area contributed by atoms with E-state index >= 15 is 0 Å². The lowest BCUT2D eigenvalue weighted by molar-refractivity contribution is 0.993. The van der Waals surface area contributed by atoms with Gasteiger partial charge < -0.3 is 0 Å². The summed E-state index contributed by atoms with van der Waals surface area (Å²) in [5.41, 5.74) is 9.38. The van der Waals surface area contributed by atoms with Gasteiger partial charge in [-0.1, -0.05) is 78.9 Å². The predicted molar refractivity (Wildman–Crippen MR) is 221 cm³/mol. The minimum atomic E-state index is 0.553. The number of hydrogen-bond donors (Lipinski definition) is 0. The van der Waals surface area contributed by atoms with Crippen LogP contribution < -0.4 is 0 Å². The first kappa shape index (κ1) is 31.6. The van der Waals surface area contributed by atoms with Crippen LogP contribution in [0.4, 0.5) is 0 Å². The molecule has 0 aliphatic rings. The average Bonchev–Trinajstić information content (AvgIpc) is 3.80. The van der Waals surface area contributed by atoms with Gasteiger partial charge in [-0.25, -0.2) is 34.9 Å². The molecule has 11 rings (SSSR count). The zero-order chi connectivity index (χ0) is 37.0. The highest BCUT2D eigenvalue weighted by Gasteiger charge is 2.24. The van der Waals surface area contributed by atoms with Gasteiger partial charge in [0.2, 0.25) is 5.95 Å². The lowest BCUT2D eigenvalue weighted by atomic mass is 10.1. The Morgan fingerprint density at radius 1 is 0.339 bits per heavy atom.